The van der Waals surface area contributed by atoms with Crippen LogP contribution in [0.15, 0.2) is 231 Å². The number of rotatable bonds is 7. The summed E-state index contributed by atoms with van der Waals surface area (Å²) in [5, 5.41) is 2.61. The standard InChI is InChI=1S/C59H38N2S/c1-4-16-41(17-5-1)58-60-54(40-30-28-39(29-31-40)42-33-35-57-51(36-42)49-25-13-15-27-56(49)62-57)38-55(61-58)48-24-11-10-22-46(48)43-32-34-53-50(37-43)47-23-12-14-26-52(47)59(53,44-18-6-2-7-19-44)45-20-8-3-9-21-45/h1-38H. The molecule has 0 spiro atoms. The van der Waals surface area contributed by atoms with Gasteiger partial charge in [-0.25, -0.2) is 9.97 Å². The first-order chi connectivity index (χ1) is 30.7. The van der Waals surface area contributed by atoms with Gasteiger partial charge < -0.3 is 0 Å². The second-order valence-corrected chi connectivity index (χ2v) is 17.1. The number of nitrogens with zero attached hydrogens (tertiary/aromatic N) is 2. The van der Waals surface area contributed by atoms with Crippen LogP contribution >= 0.6 is 11.3 Å². The van der Waals surface area contributed by atoms with Gasteiger partial charge in [-0.2, -0.15) is 0 Å². The average molecular weight is 807 g/mol. The monoisotopic (exact) mass is 806 g/mol. The minimum absolute atomic E-state index is 0.445. The van der Waals surface area contributed by atoms with Gasteiger partial charge in [0.25, 0.3) is 0 Å². The zero-order valence-electron chi connectivity index (χ0n) is 33.7. The Bertz CT molecular complexity index is 3400. The van der Waals surface area contributed by atoms with Gasteiger partial charge in [0.05, 0.1) is 16.8 Å². The number of thiophene rings is 1. The number of fused-ring (bicyclic) bond motifs is 6. The molecule has 0 fully saturated rings. The second-order valence-electron chi connectivity index (χ2n) is 16.0. The molecule has 0 saturated heterocycles. The third-order valence-electron chi connectivity index (χ3n) is 12.6. The van der Waals surface area contributed by atoms with E-state index in [2.05, 4.69) is 224 Å². The summed E-state index contributed by atoms with van der Waals surface area (Å²) in [4.78, 5) is 10.5. The van der Waals surface area contributed by atoms with Crippen molar-refractivity contribution in [3.05, 3.63) is 253 Å². The summed E-state index contributed by atoms with van der Waals surface area (Å²) >= 11 is 1.85. The van der Waals surface area contributed by atoms with Crippen molar-refractivity contribution in [3.63, 3.8) is 0 Å². The number of aromatic nitrogens is 2. The molecule has 2 nitrogen and oxygen atoms in total. The highest BCUT2D eigenvalue weighted by Crippen LogP contribution is 2.57. The molecule has 3 heteroatoms. The molecule has 1 aliphatic rings. The van der Waals surface area contributed by atoms with Crippen molar-refractivity contribution >= 4 is 31.5 Å². The summed E-state index contributed by atoms with van der Waals surface area (Å²) in [6, 6.07) is 83.4. The maximum Gasteiger partial charge on any atom is 0.160 e. The van der Waals surface area contributed by atoms with Crippen LogP contribution in [0.3, 0.4) is 0 Å². The van der Waals surface area contributed by atoms with Gasteiger partial charge in [0.15, 0.2) is 5.82 Å². The van der Waals surface area contributed by atoms with Crippen LogP contribution in [0.1, 0.15) is 22.3 Å². The average Bonchev–Trinajstić information content (AvgIpc) is 3.88. The molecule has 0 bridgehead atoms. The first-order valence-electron chi connectivity index (χ1n) is 21.1. The Morgan fingerprint density at radius 1 is 0.306 bits per heavy atom. The fourth-order valence-corrected chi connectivity index (χ4v) is 10.8. The lowest BCUT2D eigenvalue weighted by atomic mass is 9.67. The molecule has 0 saturated carbocycles. The van der Waals surface area contributed by atoms with Crippen LogP contribution in [0.2, 0.25) is 0 Å². The van der Waals surface area contributed by atoms with Crippen molar-refractivity contribution in [1.82, 2.24) is 9.97 Å². The lowest BCUT2D eigenvalue weighted by Gasteiger charge is -2.33. The van der Waals surface area contributed by atoms with Gasteiger partial charge in [-0.05, 0) is 86.0 Å². The van der Waals surface area contributed by atoms with Gasteiger partial charge >= 0.3 is 0 Å². The van der Waals surface area contributed by atoms with Gasteiger partial charge in [0, 0.05) is 36.9 Å². The summed E-state index contributed by atoms with van der Waals surface area (Å²) in [7, 11) is 0. The fourth-order valence-electron chi connectivity index (χ4n) is 9.76. The van der Waals surface area contributed by atoms with E-state index >= 15 is 0 Å². The highest BCUT2D eigenvalue weighted by Gasteiger charge is 2.46. The van der Waals surface area contributed by atoms with Crippen molar-refractivity contribution in [1.29, 1.82) is 0 Å². The van der Waals surface area contributed by atoms with Crippen LogP contribution in [0, 0.1) is 0 Å². The van der Waals surface area contributed by atoms with Crippen LogP contribution in [0.25, 0.3) is 87.5 Å². The SMILES string of the molecule is c1ccc(-c2nc(-c3ccc(-c4ccc5sc6ccccc6c5c4)cc3)cc(-c3ccccc3-c3ccc4c(c3)-c3ccccc3C4(c3ccccc3)c3ccccc3)n2)cc1. The second kappa shape index (κ2) is 14.8. The molecule has 0 aliphatic heterocycles. The summed E-state index contributed by atoms with van der Waals surface area (Å²) in [5.74, 6) is 0.699. The lowest BCUT2D eigenvalue weighted by molar-refractivity contribution is 0.768. The van der Waals surface area contributed by atoms with E-state index in [1.165, 1.54) is 64.7 Å². The third-order valence-corrected chi connectivity index (χ3v) is 13.8. The third kappa shape index (κ3) is 5.85. The molecule has 290 valence electrons. The van der Waals surface area contributed by atoms with E-state index in [-0.39, 0.29) is 0 Å². The van der Waals surface area contributed by atoms with E-state index in [1.54, 1.807) is 0 Å². The summed E-state index contributed by atoms with van der Waals surface area (Å²) in [6.45, 7) is 0. The van der Waals surface area contributed by atoms with Gasteiger partial charge in [0.2, 0.25) is 0 Å². The molecule has 0 unspecified atom stereocenters. The molecule has 0 N–H and O–H groups in total. The van der Waals surface area contributed by atoms with Crippen molar-refractivity contribution in [2.75, 3.05) is 0 Å². The maximum absolute atomic E-state index is 5.30. The van der Waals surface area contributed by atoms with E-state index in [0.717, 1.165) is 39.2 Å². The zero-order chi connectivity index (χ0) is 41.0. The molecule has 2 heterocycles. The Morgan fingerprint density at radius 2 is 0.855 bits per heavy atom. The molecule has 12 rings (SSSR count). The molecule has 2 aromatic heterocycles. The Kier molecular flexibility index (Phi) is 8.62. The van der Waals surface area contributed by atoms with E-state index in [0.29, 0.717) is 5.82 Å². The molecule has 9 aromatic carbocycles. The fraction of sp³-hybridized carbons (Fsp3) is 0.0169. The molecule has 0 atom stereocenters. The first kappa shape index (κ1) is 36.2. The Labute approximate surface area is 365 Å². The predicted molar refractivity (Wildman–Crippen MR) is 259 cm³/mol. The molecular weight excluding hydrogens is 769 g/mol. The normalized spacial score (nSPS) is 12.6. The number of hydrogen-bond acceptors (Lipinski definition) is 3. The summed E-state index contributed by atoms with van der Waals surface area (Å²) in [6.07, 6.45) is 0. The molecule has 0 radical (unpaired) electrons. The summed E-state index contributed by atoms with van der Waals surface area (Å²) < 4.78 is 2.63. The lowest BCUT2D eigenvalue weighted by Crippen LogP contribution is -2.28. The van der Waals surface area contributed by atoms with E-state index in [4.69, 9.17) is 9.97 Å². The predicted octanol–water partition coefficient (Wildman–Crippen LogP) is 15.5. The van der Waals surface area contributed by atoms with Crippen LogP contribution in [-0.4, -0.2) is 9.97 Å². The van der Waals surface area contributed by atoms with Crippen molar-refractivity contribution < 1.29 is 0 Å². The van der Waals surface area contributed by atoms with Crippen LogP contribution in [-0.2, 0) is 5.41 Å². The van der Waals surface area contributed by atoms with Gasteiger partial charge in [0.1, 0.15) is 0 Å². The zero-order valence-corrected chi connectivity index (χ0v) is 34.6. The van der Waals surface area contributed by atoms with E-state index in [9.17, 15) is 0 Å². The molecule has 1 aliphatic carbocycles. The Hall–Kier alpha value is -7.72. The highest BCUT2D eigenvalue weighted by atomic mass is 32.1. The first-order valence-corrected chi connectivity index (χ1v) is 22.0. The topological polar surface area (TPSA) is 25.8 Å². The van der Waals surface area contributed by atoms with E-state index < -0.39 is 5.41 Å². The van der Waals surface area contributed by atoms with Gasteiger partial charge in [-0.15, -0.1) is 11.3 Å². The minimum atomic E-state index is -0.445. The van der Waals surface area contributed by atoms with E-state index in [1.807, 2.05) is 17.4 Å². The van der Waals surface area contributed by atoms with Crippen LogP contribution < -0.4 is 0 Å². The molecular formula is C59H38N2S. The Balaban J connectivity index is 0.982. The number of benzene rings is 9. The highest BCUT2D eigenvalue weighted by molar-refractivity contribution is 7.25. The van der Waals surface area contributed by atoms with Crippen LogP contribution in [0.4, 0.5) is 0 Å². The van der Waals surface area contributed by atoms with Crippen molar-refractivity contribution in [2.24, 2.45) is 0 Å². The largest absolute Gasteiger partial charge is 0.228 e. The van der Waals surface area contributed by atoms with Crippen LogP contribution in [0.5, 0.6) is 0 Å². The molecule has 0 amide bonds. The molecule has 11 aromatic rings. The molecule has 62 heavy (non-hydrogen) atoms. The Morgan fingerprint density at radius 3 is 1.61 bits per heavy atom. The quantitative estimate of drug-likeness (QED) is 0.160. The minimum Gasteiger partial charge on any atom is -0.228 e. The van der Waals surface area contributed by atoms with Crippen molar-refractivity contribution in [2.45, 2.75) is 5.41 Å². The summed E-state index contributed by atoms with van der Waals surface area (Å²) in [5.41, 5.74) is 16.7. The maximum atomic E-state index is 5.30. The smallest absolute Gasteiger partial charge is 0.160 e. The number of hydrogen-bond donors (Lipinski definition) is 0. The van der Waals surface area contributed by atoms with Gasteiger partial charge in [-0.3, -0.25) is 0 Å². The van der Waals surface area contributed by atoms with Gasteiger partial charge in [-0.1, -0.05) is 200 Å². The van der Waals surface area contributed by atoms with Crippen molar-refractivity contribution in [3.8, 4) is 67.3 Å².